The molecule has 2 rings (SSSR count). The first-order valence-electron chi connectivity index (χ1n) is 5.72. The molecule has 1 heterocycles. The Hall–Kier alpha value is -1.51. The maximum atomic E-state index is 12.1. The van der Waals surface area contributed by atoms with E-state index in [0.717, 1.165) is 23.4 Å². The Kier molecular flexibility index (Phi) is 2.62. The van der Waals surface area contributed by atoms with Crippen LogP contribution in [0, 0.1) is 12.3 Å². The van der Waals surface area contributed by atoms with Gasteiger partial charge in [-0.1, -0.05) is 19.1 Å². The van der Waals surface area contributed by atoms with Gasteiger partial charge in [-0.2, -0.15) is 0 Å². The molecule has 1 unspecified atom stereocenters. The number of carbonyl (C=O) groups is 1. The quantitative estimate of drug-likeness (QED) is 0.761. The molecule has 3 nitrogen and oxygen atoms in total. The molecule has 1 atom stereocenters. The van der Waals surface area contributed by atoms with Gasteiger partial charge in [-0.25, -0.2) is 0 Å². The van der Waals surface area contributed by atoms with E-state index in [-0.39, 0.29) is 11.3 Å². The predicted octanol–water partition coefficient (Wildman–Crippen LogP) is 2.78. The van der Waals surface area contributed by atoms with Gasteiger partial charge in [0.15, 0.2) is 0 Å². The summed E-state index contributed by atoms with van der Waals surface area (Å²) in [5.74, 6) is 0.107. The standard InChI is InChI=1S/C13H18N2O/c1-4-13(3)8-14-10-7-5-6-9(2)11(10)15-12(13)16/h5-7,14H,4,8H2,1-3H3,(H,15,16). The van der Waals surface area contributed by atoms with Gasteiger partial charge in [0.1, 0.15) is 0 Å². The van der Waals surface area contributed by atoms with Gasteiger partial charge < -0.3 is 10.6 Å². The average Bonchev–Trinajstić information content (AvgIpc) is 2.40. The lowest BCUT2D eigenvalue weighted by Crippen LogP contribution is -2.36. The summed E-state index contributed by atoms with van der Waals surface area (Å²) in [6.07, 6.45) is 0.832. The van der Waals surface area contributed by atoms with Crippen molar-refractivity contribution >= 4 is 17.3 Å². The van der Waals surface area contributed by atoms with Crippen LogP contribution in [0.1, 0.15) is 25.8 Å². The summed E-state index contributed by atoms with van der Waals surface area (Å²) in [7, 11) is 0. The highest BCUT2D eigenvalue weighted by molar-refractivity contribution is 6.00. The molecule has 16 heavy (non-hydrogen) atoms. The zero-order valence-corrected chi connectivity index (χ0v) is 10.1. The molecule has 0 fully saturated rings. The lowest BCUT2D eigenvalue weighted by molar-refractivity contribution is -0.124. The van der Waals surface area contributed by atoms with Crippen molar-refractivity contribution in [2.24, 2.45) is 5.41 Å². The number of hydrogen-bond donors (Lipinski definition) is 2. The van der Waals surface area contributed by atoms with Crippen LogP contribution in [0.4, 0.5) is 11.4 Å². The van der Waals surface area contributed by atoms with Crippen molar-refractivity contribution in [2.75, 3.05) is 17.2 Å². The Morgan fingerprint density at radius 2 is 2.19 bits per heavy atom. The predicted molar refractivity (Wildman–Crippen MR) is 66.7 cm³/mol. The van der Waals surface area contributed by atoms with E-state index in [1.54, 1.807) is 0 Å². The van der Waals surface area contributed by atoms with Crippen LogP contribution in [0.25, 0.3) is 0 Å². The minimum atomic E-state index is -0.328. The smallest absolute Gasteiger partial charge is 0.232 e. The molecule has 0 spiro atoms. The largest absolute Gasteiger partial charge is 0.382 e. The summed E-state index contributed by atoms with van der Waals surface area (Å²) >= 11 is 0. The molecule has 1 aliphatic rings. The Labute approximate surface area is 96.2 Å². The molecule has 1 amide bonds. The van der Waals surface area contributed by atoms with Crippen molar-refractivity contribution in [3.8, 4) is 0 Å². The summed E-state index contributed by atoms with van der Waals surface area (Å²) in [6.45, 7) is 6.74. The second-order valence-corrected chi connectivity index (χ2v) is 4.72. The second-order valence-electron chi connectivity index (χ2n) is 4.72. The SMILES string of the molecule is CCC1(C)CNc2cccc(C)c2NC1=O. The molecule has 0 aliphatic carbocycles. The highest BCUT2D eigenvalue weighted by Gasteiger charge is 2.34. The number of para-hydroxylation sites is 1. The van der Waals surface area contributed by atoms with Gasteiger partial charge in [-0.05, 0) is 31.9 Å². The molecule has 1 aliphatic heterocycles. The van der Waals surface area contributed by atoms with Gasteiger partial charge in [0, 0.05) is 6.54 Å². The molecular weight excluding hydrogens is 200 g/mol. The molecule has 0 saturated heterocycles. The fourth-order valence-electron chi connectivity index (χ4n) is 1.90. The summed E-state index contributed by atoms with van der Waals surface area (Å²) in [6, 6.07) is 6.02. The number of carbonyl (C=O) groups excluding carboxylic acids is 1. The van der Waals surface area contributed by atoms with Crippen molar-refractivity contribution in [1.29, 1.82) is 0 Å². The van der Waals surface area contributed by atoms with Crippen LogP contribution in [0.3, 0.4) is 0 Å². The molecular formula is C13H18N2O. The zero-order valence-electron chi connectivity index (χ0n) is 10.1. The van der Waals surface area contributed by atoms with Crippen molar-refractivity contribution in [3.63, 3.8) is 0 Å². The monoisotopic (exact) mass is 218 g/mol. The molecule has 3 heteroatoms. The van der Waals surface area contributed by atoms with E-state index >= 15 is 0 Å². The van der Waals surface area contributed by atoms with E-state index in [0.29, 0.717) is 6.54 Å². The fourth-order valence-corrected chi connectivity index (χ4v) is 1.90. The van der Waals surface area contributed by atoms with Crippen molar-refractivity contribution in [2.45, 2.75) is 27.2 Å². The summed E-state index contributed by atoms with van der Waals surface area (Å²) in [5, 5.41) is 6.39. The summed E-state index contributed by atoms with van der Waals surface area (Å²) < 4.78 is 0. The Balaban J connectivity index is 2.41. The highest BCUT2D eigenvalue weighted by atomic mass is 16.2. The van der Waals surface area contributed by atoms with Gasteiger partial charge in [0.25, 0.3) is 0 Å². The van der Waals surface area contributed by atoms with E-state index in [2.05, 4.69) is 10.6 Å². The molecule has 86 valence electrons. The van der Waals surface area contributed by atoms with Crippen LogP contribution in [0.5, 0.6) is 0 Å². The third kappa shape index (κ3) is 1.66. The van der Waals surface area contributed by atoms with Gasteiger partial charge in [-0.3, -0.25) is 4.79 Å². The average molecular weight is 218 g/mol. The minimum absolute atomic E-state index is 0.107. The van der Waals surface area contributed by atoms with Crippen LogP contribution in [-0.4, -0.2) is 12.5 Å². The molecule has 0 saturated carbocycles. The summed E-state index contributed by atoms with van der Waals surface area (Å²) in [4.78, 5) is 12.1. The Bertz CT molecular complexity index is 428. The highest BCUT2D eigenvalue weighted by Crippen LogP contribution is 2.33. The zero-order chi connectivity index (χ0) is 11.8. The number of amides is 1. The van der Waals surface area contributed by atoms with Crippen molar-refractivity contribution < 1.29 is 4.79 Å². The van der Waals surface area contributed by atoms with Crippen LogP contribution < -0.4 is 10.6 Å². The molecule has 1 aromatic carbocycles. The van der Waals surface area contributed by atoms with E-state index in [1.165, 1.54) is 0 Å². The third-order valence-corrected chi connectivity index (χ3v) is 3.51. The number of nitrogens with one attached hydrogen (secondary N) is 2. The Morgan fingerprint density at radius 1 is 1.44 bits per heavy atom. The van der Waals surface area contributed by atoms with Gasteiger partial charge in [-0.15, -0.1) is 0 Å². The number of rotatable bonds is 1. The van der Waals surface area contributed by atoms with E-state index in [1.807, 2.05) is 39.0 Å². The minimum Gasteiger partial charge on any atom is -0.382 e. The first kappa shape index (κ1) is 11.0. The lowest BCUT2D eigenvalue weighted by atomic mass is 9.86. The first-order chi connectivity index (χ1) is 7.57. The molecule has 0 aromatic heterocycles. The third-order valence-electron chi connectivity index (χ3n) is 3.51. The summed E-state index contributed by atoms with van der Waals surface area (Å²) in [5.41, 5.74) is 2.71. The molecule has 0 radical (unpaired) electrons. The fraction of sp³-hybridized carbons (Fsp3) is 0.462. The van der Waals surface area contributed by atoms with Gasteiger partial charge in [0.05, 0.1) is 16.8 Å². The molecule has 1 aromatic rings. The molecule has 0 bridgehead atoms. The number of aryl methyl sites for hydroxylation is 1. The topological polar surface area (TPSA) is 41.1 Å². The van der Waals surface area contributed by atoms with Crippen LogP contribution in [0.2, 0.25) is 0 Å². The van der Waals surface area contributed by atoms with Crippen LogP contribution >= 0.6 is 0 Å². The number of hydrogen-bond acceptors (Lipinski definition) is 2. The van der Waals surface area contributed by atoms with E-state index in [4.69, 9.17) is 0 Å². The van der Waals surface area contributed by atoms with Crippen LogP contribution in [0.15, 0.2) is 18.2 Å². The van der Waals surface area contributed by atoms with E-state index < -0.39 is 0 Å². The number of anilines is 2. The first-order valence-corrected chi connectivity index (χ1v) is 5.72. The number of benzene rings is 1. The van der Waals surface area contributed by atoms with Gasteiger partial charge in [0.2, 0.25) is 5.91 Å². The Morgan fingerprint density at radius 3 is 2.88 bits per heavy atom. The number of fused-ring (bicyclic) bond motifs is 1. The van der Waals surface area contributed by atoms with Crippen molar-refractivity contribution in [1.82, 2.24) is 0 Å². The maximum Gasteiger partial charge on any atom is 0.232 e. The maximum absolute atomic E-state index is 12.1. The van der Waals surface area contributed by atoms with Gasteiger partial charge >= 0.3 is 0 Å². The second kappa shape index (κ2) is 3.81. The van der Waals surface area contributed by atoms with E-state index in [9.17, 15) is 4.79 Å². The van der Waals surface area contributed by atoms with Crippen LogP contribution in [-0.2, 0) is 4.79 Å². The molecule has 2 N–H and O–H groups in total. The van der Waals surface area contributed by atoms with Crippen molar-refractivity contribution in [3.05, 3.63) is 23.8 Å². The normalized spacial score (nSPS) is 24.1. The lowest BCUT2D eigenvalue weighted by Gasteiger charge is -2.23.